The Morgan fingerprint density at radius 1 is 1.07 bits per heavy atom. The molecule has 0 saturated carbocycles. The molecule has 1 aromatic heterocycles. The Morgan fingerprint density at radius 2 is 1.78 bits per heavy atom. The van der Waals surface area contributed by atoms with Crippen LogP contribution in [0.1, 0.15) is 22.5 Å². The smallest absolute Gasteiger partial charge is 0.263 e. The Bertz CT molecular complexity index is 1110. The molecule has 1 N–H and O–H groups in total. The van der Waals surface area contributed by atoms with Gasteiger partial charge in [-0.1, -0.05) is 47.5 Å². The predicted molar refractivity (Wildman–Crippen MR) is 109 cm³/mol. The molecule has 0 radical (unpaired) electrons. The molecule has 0 aliphatic rings. The van der Waals surface area contributed by atoms with Crippen LogP contribution in [0.2, 0.25) is 10.0 Å². The van der Waals surface area contributed by atoms with Crippen molar-refractivity contribution in [3.8, 4) is 0 Å². The fourth-order valence-corrected chi connectivity index (χ4v) is 4.76. The number of hydrogen-bond donors (Lipinski definition) is 1. The third-order valence-electron chi connectivity index (χ3n) is 4.38. The van der Waals surface area contributed by atoms with E-state index in [1.807, 2.05) is 38.1 Å². The summed E-state index contributed by atoms with van der Waals surface area (Å²) in [7, 11) is -3.90. The lowest BCUT2D eigenvalue weighted by Gasteiger charge is -2.11. The van der Waals surface area contributed by atoms with Crippen LogP contribution in [0.5, 0.6) is 0 Å². The lowest BCUT2D eigenvalue weighted by Crippen LogP contribution is -2.15. The molecular formula is C19H19Cl2N3O2S. The summed E-state index contributed by atoms with van der Waals surface area (Å²) in [5.41, 5.74) is 4.02. The molecule has 27 heavy (non-hydrogen) atoms. The lowest BCUT2D eigenvalue weighted by molar-refractivity contribution is 0.601. The van der Waals surface area contributed by atoms with Crippen LogP contribution < -0.4 is 4.72 Å². The molecule has 5 nitrogen and oxygen atoms in total. The van der Waals surface area contributed by atoms with Gasteiger partial charge in [-0.2, -0.15) is 5.10 Å². The Balaban J connectivity index is 1.95. The van der Waals surface area contributed by atoms with Gasteiger partial charge < -0.3 is 0 Å². The second-order valence-electron chi connectivity index (χ2n) is 6.31. The monoisotopic (exact) mass is 423 g/mol. The van der Waals surface area contributed by atoms with Gasteiger partial charge in [0.05, 0.1) is 28.6 Å². The second-order valence-corrected chi connectivity index (χ2v) is 8.80. The molecular weight excluding hydrogens is 405 g/mol. The Labute approximate surface area is 169 Å². The first kappa shape index (κ1) is 19.7. The number of anilines is 1. The van der Waals surface area contributed by atoms with Gasteiger partial charge in [0.15, 0.2) is 0 Å². The summed E-state index contributed by atoms with van der Waals surface area (Å²) in [5, 5.41) is 4.90. The molecule has 3 rings (SSSR count). The first-order valence-corrected chi connectivity index (χ1v) is 10.5. The van der Waals surface area contributed by atoms with Crippen molar-refractivity contribution in [1.82, 2.24) is 9.78 Å². The van der Waals surface area contributed by atoms with E-state index in [4.69, 9.17) is 23.2 Å². The maximum absolute atomic E-state index is 12.8. The van der Waals surface area contributed by atoms with Gasteiger partial charge in [0.1, 0.15) is 4.90 Å². The summed E-state index contributed by atoms with van der Waals surface area (Å²) in [5.74, 6) is 0. The highest BCUT2D eigenvalue weighted by atomic mass is 35.5. The number of halogens is 2. The van der Waals surface area contributed by atoms with Crippen molar-refractivity contribution in [2.24, 2.45) is 0 Å². The van der Waals surface area contributed by atoms with Crippen molar-refractivity contribution < 1.29 is 8.42 Å². The molecule has 0 fully saturated rings. The van der Waals surface area contributed by atoms with E-state index in [1.54, 1.807) is 17.7 Å². The molecule has 0 bridgehead atoms. The molecule has 0 atom stereocenters. The van der Waals surface area contributed by atoms with E-state index in [0.29, 0.717) is 22.9 Å². The average Bonchev–Trinajstić information content (AvgIpc) is 2.86. The highest BCUT2D eigenvalue weighted by Gasteiger charge is 2.22. The maximum Gasteiger partial charge on any atom is 0.263 e. The molecule has 0 spiro atoms. The molecule has 8 heteroatoms. The zero-order valence-electron chi connectivity index (χ0n) is 15.1. The number of hydrogen-bond acceptors (Lipinski definition) is 3. The SMILES string of the molecule is Cc1ccccc1Cn1nc(C)c(NS(=O)(=O)c2cc(Cl)ccc2Cl)c1C. The van der Waals surface area contributed by atoms with E-state index in [9.17, 15) is 8.42 Å². The molecule has 0 saturated heterocycles. The standard InChI is InChI=1S/C19H19Cl2N3O2S/c1-12-6-4-5-7-15(12)11-24-14(3)19(13(2)22-24)23-27(25,26)18-10-16(20)8-9-17(18)21/h4-10,23H,11H2,1-3H3. The number of benzene rings is 2. The molecule has 3 aromatic rings. The highest BCUT2D eigenvalue weighted by Crippen LogP contribution is 2.29. The third-order valence-corrected chi connectivity index (χ3v) is 6.45. The quantitative estimate of drug-likeness (QED) is 0.630. The van der Waals surface area contributed by atoms with E-state index < -0.39 is 10.0 Å². The van der Waals surface area contributed by atoms with Gasteiger partial charge in [0.2, 0.25) is 0 Å². The minimum Gasteiger partial charge on any atom is -0.276 e. The predicted octanol–water partition coefficient (Wildman–Crippen LogP) is 4.96. The Morgan fingerprint density at radius 3 is 2.48 bits per heavy atom. The Kier molecular flexibility index (Phi) is 5.51. The topological polar surface area (TPSA) is 64.0 Å². The third kappa shape index (κ3) is 4.13. The zero-order chi connectivity index (χ0) is 19.8. The molecule has 2 aromatic carbocycles. The van der Waals surface area contributed by atoms with Gasteiger partial charge in [-0.25, -0.2) is 8.42 Å². The number of sulfonamides is 1. The summed E-state index contributed by atoms with van der Waals surface area (Å²) in [6, 6.07) is 12.3. The summed E-state index contributed by atoms with van der Waals surface area (Å²) in [6.45, 7) is 6.18. The van der Waals surface area contributed by atoms with Crippen LogP contribution >= 0.6 is 23.2 Å². The number of aryl methyl sites for hydroxylation is 2. The second kappa shape index (κ2) is 7.54. The van der Waals surface area contributed by atoms with Gasteiger partial charge in [0, 0.05) is 5.02 Å². The molecule has 0 aliphatic carbocycles. The summed E-state index contributed by atoms with van der Waals surface area (Å²) < 4.78 is 30.0. The maximum atomic E-state index is 12.8. The number of rotatable bonds is 5. The first-order chi connectivity index (χ1) is 12.7. The number of aromatic nitrogens is 2. The first-order valence-electron chi connectivity index (χ1n) is 8.25. The van der Waals surface area contributed by atoms with Crippen LogP contribution in [0, 0.1) is 20.8 Å². The van der Waals surface area contributed by atoms with Gasteiger partial charge >= 0.3 is 0 Å². The van der Waals surface area contributed by atoms with Crippen LogP contribution in [-0.4, -0.2) is 18.2 Å². The Hall–Kier alpha value is -2.02. The summed E-state index contributed by atoms with van der Waals surface area (Å²) in [6.07, 6.45) is 0. The minimum atomic E-state index is -3.90. The molecule has 1 heterocycles. The van der Waals surface area contributed by atoms with Crippen LogP contribution in [0.4, 0.5) is 5.69 Å². The normalized spacial score (nSPS) is 11.6. The largest absolute Gasteiger partial charge is 0.276 e. The number of nitrogens with zero attached hydrogens (tertiary/aromatic N) is 2. The van der Waals surface area contributed by atoms with Crippen LogP contribution in [0.3, 0.4) is 0 Å². The fraction of sp³-hybridized carbons (Fsp3) is 0.211. The van der Waals surface area contributed by atoms with Crippen molar-refractivity contribution in [1.29, 1.82) is 0 Å². The summed E-state index contributed by atoms with van der Waals surface area (Å²) >= 11 is 12.0. The average molecular weight is 424 g/mol. The fourth-order valence-electron chi connectivity index (χ4n) is 2.82. The van der Waals surface area contributed by atoms with Crippen molar-refractivity contribution in [2.45, 2.75) is 32.2 Å². The molecule has 142 valence electrons. The van der Waals surface area contributed by atoms with Crippen LogP contribution in [-0.2, 0) is 16.6 Å². The van der Waals surface area contributed by atoms with Gasteiger partial charge in [-0.05, 0) is 50.1 Å². The van der Waals surface area contributed by atoms with E-state index in [0.717, 1.165) is 16.8 Å². The van der Waals surface area contributed by atoms with Crippen molar-refractivity contribution in [3.63, 3.8) is 0 Å². The highest BCUT2D eigenvalue weighted by molar-refractivity contribution is 7.92. The van der Waals surface area contributed by atoms with Gasteiger partial charge in [-0.3, -0.25) is 9.40 Å². The number of nitrogens with one attached hydrogen (secondary N) is 1. The molecule has 0 aliphatic heterocycles. The van der Waals surface area contributed by atoms with E-state index >= 15 is 0 Å². The minimum absolute atomic E-state index is 0.0675. The van der Waals surface area contributed by atoms with Crippen molar-refractivity contribution in [3.05, 3.63) is 75.0 Å². The van der Waals surface area contributed by atoms with E-state index in [2.05, 4.69) is 9.82 Å². The van der Waals surface area contributed by atoms with Gasteiger partial charge in [0.25, 0.3) is 10.0 Å². The zero-order valence-corrected chi connectivity index (χ0v) is 17.5. The summed E-state index contributed by atoms with van der Waals surface area (Å²) in [4.78, 5) is -0.0675. The van der Waals surface area contributed by atoms with Crippen molar-refractivity contribution >= 4 is 38.9 Å². The van der Waals surface area contributed by atoms with E-state index in [-0.39, 0.29) is 9.92 Å². The van der Waals surface area contributed by atoms with E-state index in [1.165, 1.54) is 12.1 Å². The van der Waals surface area contributed by atoms with Gasteiger partial charge in [-0.15, -0.1) is 0 Å². The lowest BCUT2D eigenvalue weighted by atomic mass is 10.1. The molecule has 0 unspecified atom stereocenters. The van der Waals surface area contributed by atoms with Crippen molar-refractivity contribution in [2.75, 3.05) is 4.72 Å². The van der Waals surface area contributed by atoms with Crippen LogP contribution in [0.15, 0.2) is 47.4 Å². The molecule has 0 amide bonds. The van der Waals surface area contributed by atoms with Crippen LogP contribution in [0.25, 0.3) is 0 Å².